The number of benzene rings is 2. The highest BCUT2D eigenvalue weighted by molar-refractivity contribution is 6.30. The quantitative estimate of drug-likeness (QED) is 0.781. The first-order chi connectivity index (χ1) is 9.60. The molecular formula is C16H18ClNO2. The number of rotatable bonds is 5. The van der Waals surface area contributed by atoms with Crippen LogP contribution in [0, 0.1) is 0 Å². The minimum atomic E-state index is 0.0631. The van der Waals surface area contributed by atoms with Crippen molar-refractivity contribution >= 4 is 11.6 Å². The molecule has 0 aliphatic carbocycles. The van der Waals surface area contributed by atoms with Crippen LogP contribution in [0.2, 0.25) is 5.02 Å². The fourth-order valence-corrected chi connectivity index (χ4v) is 2.35. The zero-order chi connectivity index (χ0) is 14.5. The number of phenolic OH excluding ortho intramolecular Hbond substituents is 2. The summed E-state index contributed by atoms with van der Waals surface area (Å²) in [5.41, 5.74) is 1.88. The molecule has 4 heteroatoms. The zero-order valence-electron chi connectivity index (χ0n) is 11.3. The van der Waals surface area contributed by atoms with Crippen molar-refractivity contribution in [2.24, 2.45) is 0 Å². The number of hydrogen-bond acceptors (Lipinski definition) is 3. The van der Waals surface area contributed by atoms with E-state index in [0.717, 1.165) is 22.6 Å². The van der Waals surface area contributed by atoms with Crippen molar-refractivity contribution < 1.29 is 10.2 Å². The molecule has 3 N–H and O–H groups in total. The molecule has 2 aromatic carbocycles. The lowest BCUT2D eigenvalue weighted by Crippen LogP contribution is -2.20. The summed E-state index contributed by atoms with van der Waals surface area (Å²) in [7, 11) is 0. The summed E-state index contributed by atoms with van der Waals surface area (Å²) < 4.78 is 0. The van der Waals surface area contributed by atoms with E-state index < -0.39 is 0 Å². The summed E-state index contributed by atoms with van der Waals surface area (Å²) in [6, 6.07) is 12.5. The first-order valence-electron chi connectivity index (χ1n) is 6.60. The van der Waals surface area contributed by atoms with E-state index in [1.807, 2.05) is 24.3 Å². The van der Waals surface area contributed by atoms with Crippen LogP contribution in [0.1, 0.15) is 30.5 Å². The van der Waals surface area contributed by atoms with Gasteiger partial charge in [0, 0.05) is 29.2 Å². The van der Waals surface area contributed by atoms with Gasteiger partial charge in [-0.15, -0.1) is 0 Å². The number of aromatic hydroxyl groups is 2. The van der Waals surface area contributed by atoms with Crippen molar-refractivity contribution in [3.05, 3.63) is 58.6 Å². The van der Waals surface area contributed by atoms with Crippen LogP contribution in [0.3, 0.4) is 0 Å². The Bertz CT molecular complexity index is 586. The molecule has 0 fully saturated rings. The molecule has 1 atom stereocenters. The van der Waals surface area contributed by atoms with Crippen LogP contribution in [0.5, 0.6) is 11.5 Å². The minimum Gasteiger partial charge on any atom is -0.508 e. The SMILES string of the molecule is CCC(NCc1ccc(O)cc1O)c1cccc(Cl)c1. The molecule has 2 rings (SSSR count). The van der Waals surface area contributed by atoms with Gasteiger partial charge in [-0.1, -0.05) is 36.7 Å². The number of nitrogens with one attached hydrogen (secondary N) is 1. The van der Waals surface area contributed by atoms with Crippen LogP contribution in [0.4, 0.5) is 0 Å². The fraction of sp³-hybridized carbons (Fsp3) is 0.250. The Morgan fingerprint density at radius 2 is 1.95 bits per heavy atom. The summed E-state index contributed by atoms with van der Waals surface area (Å²) in [6.45, 7) is 2.62. The van der Waals surface area contributed by atoms with Gasteiger partial charge < -0.3 is 15.5 Å². The number of halogens is 1. The summed E-state index contributed by atoms with van der Waals surface area (Å²) in [5, 5.41) is 23.2. The van der Waals surface area contributed by atoms with Crippen molar-refractivity contribution in [3.63, 3.8) is 0 Å². The predicted molar refractivity (Wildman–Crippen MR) is 81.1 cm³/mol. The molecule has 106 valence electrons. The molecule has 0 heterocycles. The van der Waals surface area contributed by atoms with Gasteiger partial charge in [0.05, 0.1) is 0 Å². The van der Waals surface area contributed by atoms with Gasteiger partial charge in [0.1, 0.15) is 11.5 Å². The second kappa shape index (κ2) is 6.64. The highest BCUT2D eigenvalue weighted by Crippen LogP contribution is 2.25. The van der Waals surface area contributed by atoms with E-state index in [-0.39, 0.29) is 17.5 Å². The van der Waals surface area contributed by atoms with Gasteiger partial charge in [-0.05, 0) is 30.2 Å². The fourth-order valence-electron chi connectivity index (χ4n) is 2.16. The van der Waals surface area contributed by atoms with Crippen LogP contribution in [-0.2, 0) is 6.54 Å². The lowest BCUT2D eigenvalue weighted by molar-refractivity contribution is 0.438. The molecule has 0 bridgehead atoms. The zero-order valence-corrected chi connectivity index (χ0v) is 12.1. The molecule has 0 aromatic heterocycles. The lowest BCUT2D eigenvalue weighted by Gasteiger charge is -2.18. The Morgan fingerprint density at radius 3 is 2.60 bits per heavy atom. The third-order valence-corrected chi connectivity index (χ3v) is 3.50. The standard InChI is InChI=1S/C16H18ClNO2/c1-2-15(11-4-3-5-13(17)8-11)18-10-12-6-7-14(19)9-16(12)20/h3-9,15,18-20H,2,10H2,1H3. The summed E-state index contributed by atoms with van der Waals surface area (Å²) >= 11 is 6.01. The Labute approximate surface area is 123 Å². The maximum absolute atomic E-state index is 9.77. The van der Waals surface area contributed by atoms with Crippen LogP contribution in [-0.4, -0.2) is 10.2 Å². The second-order valence-electron chi connectivity index (χ2n) is 4.71. The van der Waals surface area contributed by atoms with Gasteiger partial charge in [-0.2, -0.15) is 0 Å². The molecule has 0 saturated carbocycles. The third kappa shape index (κ3) is 3.65. The molecule has 0 aliphatic rings. The molecule has 20 heavy (non-hydrogen) atoms. The maximum Gasteiger partial charge on any atom is 0.123 e. The average molecular weight is 292 g/mol. The molecule has 2 aromatic rings. The molecule has 0 amide bonds. The van der Waals surface area contributed by atoms with E-state index in [1.54, 1.807) is 12.1 Å². The second-order valence-corrected chi connectivity index (χ2v) is 5.15. The van der Waals surface area contributed by atoms with Crippen molar-refractivity contribution in [1.82, 2.24) is 5.32 Å². The molecule has 0 radical (unpaired) electrons. The van der Waals surface area contributed by atoms with Gasteiger partial charge in [0.25, 0.3) is 0 Å². The molecular weight excluding hydrogens is 274 g/mol. The van der Waals surface area contributed by atoms with Crippen molar-refractivity contribution in [2.75, 3.05) is 0 Å². The average Bonchev–Trinajstić information content (AvgIpc) is 2.41. The van der Waals surface area contributed by atoms with Crippen LogP contribution in [0.15, 0.2) is 42.5 Å². The van der Waals surface area contributed by atoms with Crippen molar-refractivity contribution in [2.45, 2.75) is 25.9 Å². The van der Waals surface area contributed by atoms with Crippen molar-refractivity contribution in [3.8, 4) is 11.5 Å². The molecule has 0 saturated heterocycles. The van der Waals surface area contributed by atoms with Gasteiger partial charge in [0.15, 0.2) is 0 Å². The number of phenols is 2. The lowest BCUT2D eigenvalue weighted by atomic mass is 10.0. The normalized spacial score (nSPS) is 12.3. The van der Waals surface area contributed by atoms with Gasteiger partial charge in [-0.3, -0.25) is 0 Å². The van der Waals surface area contributed by atoms with E-state index in [2.05, 4.69) is 12.2 Å². The van der Waals surface area contributed by atoms with Gasteiger partial charge >= 0.3 is 0 Å². The van der Waals surface area contributed by atoms with E-state index >= 15 is 0 Å². The topological polar surface area (TPSA) is 52.5 Å². The van der Waals surface area contributed by atoms with E-state index in [9.17, 15) is 10.2 Å². The monoisotopic (exact) mass is 291 g/mol. The Morgan fingerprint density at radius 1 is 1.15 bits per heavy atom. The van der Waals surface area contributed by atoms with Crippen LogP contribution < -0.4 is 5.32 Å². The minimum absolute atomic E-state index is 0.0631. The Balaban J connectivity index is 2.07. The summed E-state index contributed by atoms with van der Waals surface area (Å²) in [4.78, 5) is 0. The van der Waals surface area contributed by atoms with E-state index in [1.165, 1.54) is 6.07 Å². The highest BCUT2D eigenvalue weighted by atomic mass is 35.5. The largest absolute Gasteiger partial charge is 0.508 e. The smallest absolute Gasteiger partial charge is 0.123 e. The van der Waals surface area contributed by atoms with Crippen molar-refractivity contribution in [1.29, 1.82) is 0 Å². The molecule has 0 aliphatic heterocycles. The Kier molecular flexibility index (Phi) is 4.88. The molecule has 0 spiro atoms. The summed E-state index contributed by atoms with van der Waals surface area (Å²) in [6.07, 6.45) is 0.916. The van der Waals surface area contributed by atoms with E-state index in [4.69, 9.17) is 11.6 Å². The highest BCUT2D eigenvalue weighted by Gasteiger charge is 2.10. The van der Waals surface area contributed by atoms with E-state index in [0.29, 0.717) is 6.54 Å². The number of hydrogen-bond donors (Lipinski definition) is 3. The maximum atomic E-state index is 9.77. The first-order valence-corrected chi connectivity index (χ1v) is 6.97. The predicted octanol–water partition coefficient (Wildman–Crippen LogP) is 3.99. The van der Waals surface area contributed by atoms with Gasteiger partial charge in [0.2, 0.25) is 0 Å². The third-order valence-electron chi connectivity index (χ3n) is 3.27. The van der Waals surface area contributed by atoms with Gasteiger partial charge in [-0.25, -0.2) is 0 Å². The molecule has 1 unspecified atom stereocenters. The molecule has 3 nitrogen and oxygen atoms in total. The van der Waals surface area contributed by atoms with Crippen LogP contribution in [0.25, 0.3) is 0 Å². The summed E-state index contributed by atoms with van der Waals surface area (Å²) in [5.74, 6) is 0.159. The first kappa shape index (κ1) is 14.7. The van der Waals surface area contributed by atoms with Crippen LogP contribution >= 0.6 is 11.6 Å². The Hall–Kier alpha value is -1.71.